The lowest BCUT2D eigenvalue weighted by atomic mass is 9.74. The van der Waals surface area contributed by atoms with E-state index in [9.17, 15) is 4.79 Å². The van der Waals surface area contributed by atoms with Gasteiger partial charge in [0.25, 0.3) is 0 Å². The van der Waals surface area contributed by atoms with Gasteiger partial charge in [-0.3, -0.25) is 4.79 Å². The van der Waals surface area contributed by atoms with E-state index in [2.05, 4.69) is 67.6 Å². The first-order valence-electron chi connectivity index (χ1n) is 11.2. The fourth-order valence-corrected chi connectivity index (χ4v) is 5.31. The van der Waals surface area contributed by atoms with Crippen LogP contribution < -0.4 is 0 Å². The fourth-order valence-electron chi connectivity index (χ4n) is 5.31. The Morgan fingerprint density at radius 3 is 2.10 bits per heavy atom. The maximum Gasteiger partial charge on any atom is 0.189 e. The summed E-state index contributed by atoms with van der Waals surface area (Å²) in [6.45, 7) is 2.33. The standard InChI is InChI=1S/C29H28O/c1-29(17-8-3-9-18-29)20-22-19-27-25(15-10-16-26(27)28(22)30)24-14-7-6-13-23(24)21-11-4-2-5-12-21/h2,4-7,10-16,20H,3,8-9,17-19H2,1H3/b22-20-. The zero-order valence-electron chi connectivity index (χ0n) is 17.7. The summed E-state index contributed by atoms with van der Waals surface area (Å²) in [6.07, 6.45) is 9.35. The molecule has 0 radical (unpaired) electrons. The molecule has 0 amide bonds. The van der Waals surface area contributed by atoms with Crippen molar-refractivity contribution in [1.82, 2.24) is 0 Å². The molecule has 30 heavy (non-hydrogen) atoms. The summed E-state index contributed by atoms with van der Waals surface area (Å²) in [7, 11) is 0. The van der Waals surface area contributed by atoms with E-state index in [4.69, 9.17) is 0 Å². The lowest BCUT2D eigenvalue weighted by Crippen LogP contribution is -2.18. The minimum absolute atomic E-state index is 0.174. The second kappa shape index (κ2) is 7.72. The van der Waals surface area contributed by atoms with Crippen molar-refractivity contribution >= 4 is 5.78 Å². The van der Waals surface area contributed by atoms with Gasteiger partial charge in [0.1, 0.15) is 0 Å². The zero-order valence-corrected chi connectivity index (χ0v) is 17.7. The topological polar surface area (TPSA) is 17.1 Å². The van der Waals surface area contributed by atoms with Gasteiger partial charge < -0.3 is 0 Å². The van der Waals surface area contributed by atoms with Crippen molar-refractivity contribution < 1.29 is 4.79 Å². The summed E-state index contributed by atoms with van der Waals surface area (Å²) < 4.78 is 0. The van der Waals surface area contributed by atoms with Crippen molar-refractivity contribution in [2.75, 3.05) is 0 Å². The van der Waals surface area contributed by atoms with Gasteiger partial charge in [-0.05, 0) is 46.1 Å². The zero-order chi connectivity index (χ0) is 20.6. The molecule has 3 aromatic rings. The SMILES string of the molecule is CC1(/C=C2/Cc3c(cccc3-c3ccccc3-c3ccccc3)C2=O)CCCCC1. The summed E-state index contributed by atoms with van der Waals surface area (Å²) in [6, 6.07) is 25.3. The molecule has 3 aromatic carbocycles. The Labute approximate surface area is 179 Å². The van der Waals surface area contributed by atoms with Gasteiger partial charge in [-0.15, -0.1) is 0 Å². The van der Waals surface area contributed by atoms with Crippen LogP contribution in [-0.2, 0) is 6.42 Å². The predicted octanol–water partition coefficient (Wildman–Crippen LogP) is 7.66. The van der Waals surface area contributed by atoms with Gasteiger partial charge in [0, 0.05) is 17.6 Å². The van der Waals surface area contributed by atoms with E-state index in [0.717, 1.165) is 17.6 Å². The molecule has 0 heterocycles. The van der Waals surface area contributed by atoms with Crippen LogP contribution in [0.3, 0.4) is 0 Å². The van der Waals surface area contributed by atoms with E-state index in [1.807, 2.05) is 18.2 Å². The van der Waals surface area contributed by atoms with Crippen LogP contribution in [0.5, 0.6) is 0 Å². The molecule has 1 heteroatoms. The molecule has 1 fully saturated rings. The first kappa shape index (κ1) is 19.1. The second-order valence-electron chi connectivity index (χ2n) is 9.13. The number of ketones is 1. The van der Waals surface area contributed by atoms with Crippen LogP contribution in [0.2, 0.25) is 0 Å². The molecule has 0 aliphatic heterocycles. The average Bonchev–Trinajstić information content (AvgIpc) is 3.10. The Hall–Kier alpha value is -2.93. The van der Waals surface area contributed by atoms with Crippen molar-refractivity contribution in [2.45, 2.75) is 45.4 Å². The minimum atomic E-state index is 0.174. The van der Waals surface area contributed by atoms with Crippen LogP contribution in [0.4, 0.5) is 0 Å². The number of fused-ring (bicyclic) bond motifs is 1. The molecular weight excluding hydrogens is 364 g/mol. The smallest absolute Gasteiger partial charge is 0.189 e. The maximum atomic E-state index is 13.3. The molecule has 0 atom stereocenters. The minimum Gasteiger partial charge on any atom is -0.289 e. The normalized spacial score (nSPS) is 19.1. The second-order valence-corrected chi connectivity index (χ2v) is 9.13. The molecule has 0 unspecified atom stereocenters. The largest absolute Gasteiger partial charge is 0.289 e. The summed E-state index contributed by atoms with van der Waals surface area (Å²) >= 11 is 0. The molecule has 1 saturated carbocycles. The highest BCUT2D eigenvalue weighted by atomic mass is 16.1. The van der Waals surface area contributed by atoms with Crippen molar-refractivity contribution in [2.24, 2.45) is 5.41 Å². The third kappa shape index (κ3) is 3.43. The first-order valence-corrected chi connectivity index (χ1v) is 11.2. The maximum absolute atomic E-state index is 13.3. The third-order valence-corrected chi connectivity index (χ3v) is 6.90. The Kier molecular flexibility index (Phi) is 4.90. The van der Waals surface area contributed by atoms with E-state index >= 15 is 0 Å². The van der Waals surface area contributed by atoms with Crippen molar-refractivity contribution in [3.8, 4) is 22.3 Å². The van der Waals surface area contributed by atoms with Crippen LogP contribution in [0.25, 0.3) is 22.3 Å². The van der Waals surface area contributed by atoms with Gasteiger partial charge >= 0.3 is 0 Å². The molecule has 0 saturated heterocycles. The molecule has 150 valence electrons. The highest BCUT2D eigenvalue weighted by Crippen LogP contribution is 2.43. The summed E-state index contributed by atoms with van der Waals surface area (Å²) in [5, 5.41) is 0. The van der Waals surface area contributed by atoms with Crippen LogP contribution >= 0.6 is 0 Å². The van der Waals surface area contributed by atoms with Crippen molar-refractivity contribution in [1.29, 1.82) is 0 Å². The number of benzene rings is 3. The predicted molar refractivity (Wildman–Crippen MR) is 125 cm³/mol. The molecule has 0 spiro atoms. The summed E-state index contributed by atoms with van der Waals surface area (Å²) in [4.78, 5) is 13.3. The van der Waals surface area contributed by atoms with Crippen LogP contribution in [0.15, 0.2) is 84.4 Å². The number of carbonyl (C=O) groups is 1. The van der Waals surface area contributed by atoms with Crippen LogP contribution in [0, 0.1) is 5.41 Å². The highest BCUT2D eigenvalue weighted by Gasteiger charge is 2.32. The number of hydrogen-bond acceptors (Lipinski definition) is 1. The molecule has 5 rings (SSSR count). The quantitative estimate of drug-likeness (QED) is 0.418. The van der Waals surface area contributed by atoms with Gasteiger partial charge in [0.05, 0.1) is 0 Å². The van der Waals surface area contributed by atoms with Gasteiger partial charge in [0.2, 0.25) is 0 Å². The first-order chi connectivity index (χ1) is 14.6. The molecule has 0 bridgehead atoms. The summed E-state index contributed by atoms with van der Waals surface area (Å²) in [5.74, 6) is 0.232. The molecule has 1 nitrogen and oxygen atoms in total. The molecule has 0 N–H and O–H groups in total. The molecule has 2 aliphatic rings. The van der Waals surface area contributed by atoms with Gasteiger partial charge in [-0.25, -0.2) is 0 Å². The molecule has 2 aliphatic carbocycles. The molecule has 0 aromatic heterocycles. The van der Waals surface area contributed by atoms with Gasteiger partial charge in [-0.1, -0.05) is 105 Å². The lowest BCUT2D eigenvalue weighted by Gasteiger charge is -2.31. The van der Waals surface area contributed by atoms with E-state index in [1.54, 1.807) is 0 Å². The monoisotopic (exact) mass is 392 g/mol. The number of Topliss-reactive ketones (excluding diaryl/α,β-unsaturated/α-hetero) is 1. The Balaban J connectivity index is 1.58. The van der Waals surface area contributed by atoms with Crippen LogP contribution in [0.1, 0.15) is 54.9 Å². The van der Waals surface area contributed by atoms with Gasteiger partial charge in [0.15, 0.2) is 5.78 Å². The number of carbonyl (C=O) groups excluding carboxylic acids is 1. The van der Waals surface area contributed by atoms with E-state index in [0.29, 0.717) is 0 Å². The highest BCUT2D eigenvalue weighted by molar-refractivity contribution is 6.14. The van der Waals surface area contributed by atoms with Crippen molar-refractivity contribution in [3.05, 3.63) is 95.6 Å². The third-order valence-electron chi connectivity index (χ3n) is 6.90. The number of hydrogen-bond donors (Lipinski definition) is 0. The van der Waals surface area contributed by atoms with E-state index in [-0.39, 0.29) is 11.2 Å². The van der Waals surface area contributed by atoms with E-state index < -0.39 is 0 Å². The average molecular weight is 393 g/mol. The van der Waals surface area contributed by atoms with Gasteiger partial charge in [-0.2, -0.15) is 0 Å². The number of allylic oxidation sites excluding steroid dienone is 2. The Bertz CT molecular complexity index is 1110. The Morgan fingerprint density at radius 2 is 1.33 bits per heavy atom. The lowest BCUT2D eigenvalue weighted by molar-refractivity contribution is 0.103. The number of rotatable bonds is 3. The van der Waals surface area contributed by atoms with Crippen LogP contribution in [-0.4, -0.2) is 5.78 Å². The van der Waals surface area contributed by atoms with Crippen molar-refractivity contribution in [3.63, 3.8) is 0 Å². The fraction of sp³-hybridized carbons (Fsp3) is 0.276. The molecular formula is C29H28O. The summed E-state index contributed by atoms with van der Waals surface area (Å²) in [5.41, 5.74) is 8.08. The van der Waals surface area contributed by atoms with E-state index in [1.165, 1.54) is 59.9 Å². The Morgan fingerprint density at radius 1 is 0.700 bits per heavy atom.